The van der Waals surface area contributed by atoms with Crippen molar-refractivity contribution in [2.45, 2.75) is 0 Å². The van der Waals surface area contributed by atoms with Crippen molar-refractivity contribution in [1.82, 2.24) is 5.32 Å². The first kappa shape index (κ1) is 20.6. The van der Waals surface area contributed by atoms with Crippen LogP contribution in [0.4, 0.5) is 0 Å². The number of amides is 1. The van der Waals surface area contributed by atoms with Crippen LogP contribution >= 0.6 is 0 Å². The van der Waals surface area contributed by atoms with E-state index in [9.17, 15) is 14.7 Å². The number of carbonyl (C=O) groups excluding carboxylic acids is 2. The predicted octanol–water partition coefficient (Wildman–Crippen LogP) is 1.24. The lowest BCUT2D eigenvalue weighted by atomic mass is 10.1. The highest BCUT2D eigenvalue weighted by Gasteiger charge is 2.18. The maximum absolute atomic E-state index is 12.6. The molecule has 0 heterocycles. The van der Waals surface area contributed by atoms with Crippen molar-refractivity contribution in [3.63, 3.8) is 0 Å². The van der Waals surface area contributed by atoms with Gasteiger partial charge in [0.25, 0.3) is 5.91 Å². The van der Waals surface area contributed by atoms with Crippen molar-refractivity contribution in [2.75, 3.05) is 28.4 Å². The lowest BCUT2D eigenvalue weighted by Crippen LogP contribution is -2.35. The van der Waals surface area contributed by atoms with Crippen LogP contribution in [0.1, 0.15) is 15.9 Å². The Morgan fingerprint density at radius 2 is 1.46 bits per heavy atom. The average Bonchev–Trinajstić information content (AvgIpc) is 2.72. The zero-order valence-electron chi connectivity index (χ0n) is 15.9. The van der Waals surface area contributed by atoms with Crippen LogP contribution in [-0.4, -0.2) is 40.3 Å². The van der Waals surface area contributed by atoms with E-state index < -0.39 is 17.6 Å². The van der Waals surface area contributed by atoms with Crippen LogP contribution in [0.25, 0.3) is 6.08 Å². The second-order valence-corrected chi connectivity index (χ2v) is 5.46. The molecular weight excluding hydrogens is 366 g/mol. The number of hydrogen-bond donors (Lipinski definition) is 1. The summed E-state index contributed by atoms with van der Waals surface area (Å²) in [5.41, 5.74) is 0.152. The smallest absolute Gasteiger partial charge is 0.255 e. The lowest BCUT2D eigenvalue weighted by molar-refractivity contribution is -0.299. The second kappa shape index (κ2) is 9.31. The fourth-order valence-electron chi connectivity index (χ4n) is 2.49. The summed E-state index contributed by atoms with van der Waals surface area (Å²) in [6.45, 7) is 0. The largest absolute Gasteiger partial charge is 0.543 e. The SMILES string of the molecule is COc1ccccc1/C=C(\NC(=O)c1cc(OC)c(OC)c(OC)c1)C(=O)[O-]. The highest BCUT2D eigenvalue weighted by molar-refractivity contribution is 6.03. The molecule has 0 atom stereocenters. The van der Waals surface area contributed by atoms with Gasteiger partial charge in [-0.15, -0.1) is 0 Å². The molecule has 1 N–H and O–H groups in total. The molecule has 2 rings (SSSR count). The maximum atomic E-state index is 12.6. The number of carbonyl (C=O) groups is 2. The van der Waals surface area contributed by atoms with E-state index in [2.05, 4.69) is 5.32 Å². The zero-order chi connectivity index (χ0) is 20.7. The number of ether oxygens (including phenoxy) is 4. The van der Waals surface area contributed by atoms with Crippen LogP contribution in [-0.2, 0) is 4.79 Å². The summed E-state index contributed by atoms with van der Waals surface area (Å²) in [7, 11) is 5.71. The number of carboxylic acids is 1. The van der Waals surface area contributed by atoms with Gasteiger partial charge >= 0.3 is 0 Å². The van der Waals surface area contributed by atoms with Gasteiger partial charge in [-0.1, -0.05) is 18.2 Å². The molecule has 0 saturated heterocycles. The number of para-hydroxylation sites is 1. The van der Waals surface area contributed by atoms with Crippen LogP contribution in [0, 0.1) is 0 Å². The van der Waals surface area contributed by atoms with Gasteiger partial charge in [-0.3, -0.25) is 4.79 Å². The average molecular weight is 386 g/mol. The number of carboxylic acid groups (broad SMARTS) is 1. The van der Waals surface area contributed by atoms with E-state index >= 15 is 0 Å². The van der Waals surface area contributed by atoms with Crippen LogP contribution in [0.5, 0.6) is 23.0 Å². The fraction of sp³-hybridized carbons (Fsp3) is 0.200. The molecule has 2 aromatic rings. The van der Waals surface area contributed by atoms with E-state index in [-0.39, 0.29) is 17.1 Å². The number of methoxy groups -OCH3 is 4. The minimum absolute atomic E-state index is 0.113. The highest BCUT2D eigenvalue weighted by atomic mass is 16.5. The summed E-state index contributed by atoms with van der Waals surface area (Å²) < 4.78 is 20.8. The van der Waals surface area contributed by atoms with Crippen LogP contribution in [0.3, 0.4) is 0 Å². The molecule has 0 fully saturated rings. The zero-order valence-corrected chi connectivity index (χ0v) is 15.9. The summed E-state index contributed by atoms with van der Waals surface area (Å²) in [6, 6.07) is 9.58. The van der Waals surface area contributed by atoms with Gasteiger partial charge in [0, 0.05) is 11.1 Å². The third-order valence-electron chi connectivity index (χ3n) is 3.83. The first-order chi connectivity index (χ1) is 13.4. The van der Waals surface area contributed by atoms with Crippen LogP contribution in [0.15, 0.2) is 42.1 Å². The fourth-order valence-corrected chi connectivity index (χ4v) is 2.49. The summed E-state index contributed by atoms with van der Waals surface area (Å²) in [6.07, 6.45) is 1.25. The maximum Gasteiger partial charge on any atom is 0.255 e. The number of aliphatic carboxylic acids is 1. The van der Waals surface area contributed by atoms with Crippen molar-refractivity contribution in [3.05, 3.63) is 53.2 Å². The Labute approximate surface area is 162 Å². The molecule has 0 spiro atoms. The molecule has 2 aromatic carbocycles. The summed E-state index contributed by atoms with van der Waals surface area (Å²) in [5.74, 6) is -0.961. The monoisotopic (exact) mass is 386 g/mol. The minimum Gasteiger partial charge on any atom is -0.543 e. The number of hydrogen-bond acceptors (Lipinski definition) is 7. The highest BCUT2D eigenvalue weighted by Crippen LogP contribution is 2.38. The quantitative estimate of drug-likeness (QED) is 0.681. The molecule has 0 aliphatic heterocycles. The van der Waals surface area contributed by atoms with E-state index in [0.29, 0.717) is 17.1 Å². The Balaban J connectivity index is 2.40. The molecule has 0 unspecified atom stereocenters. The minimum atomic E-state index is -1.55. The lowest BCUT2D eigenvalue weighted by Gasteiger charge is -2.15. The molecule has 148 valence electrons. The number of nitrogens with one attached hydrogen (secondary N) is 1. The molecule has 0 radical (unpaired) electrons. The van der Waals surface area contributed by atoms with Gasteiger partial charge < -0.3 is 34.2 Å². The summed E-state index contributed by atoms with van der Waals surface area (Å²) in [4.78, 5) is 24.1. The van der Waals surface area contributed by atoms with Crippen molar-refractivity contribution in [2.24, 2.45) is 0 Å². The van der Waals surface area contributed by atoms with E-state index in [0.717, 1.165) is 0 Å². The van der Waals surface area contributed by atoms with Crippen molar-refractivity contribution in [1.29, 1.82) is 0 Å². The topological polar surface area (TPSA) is 106 Å². The normalized spacial score (nSPS) is 10.8. The Kier molecular flexibility index (Phi) is 6.86. The second-order valence-electron chi connectivity index (χ2n) is 5.46. The Morgan fingerprint density at radius 3 is 1.96 bits per heavy atom. The van der Waals surface area contributed by atoms with E-state index in [1.54, 1.807) is 24.3 Å². The van der Waals surface area contributed by atoms with Crippen LogP contribution in [0.2, 0.25) is 0 Å². The van der Waals surface area contributed by atoms with E-state index in [4.69, 9.17) is 18.9 Å². The van der Waals surface area contributed by atoms with Gasteiger partial charge in [-0.25, -0.2) is 0 Å². The third kappa shape index (κ3) is 4.53. The molecule has 0 aromatic heterocycles. The Hall–Kier alpha value is -3.68. The molecular formula is C20H20NO7-. The summed E-state index contributed by atoms with van der Waals surface area (Å²) in [5, 5.41) is 13.8. The van der Waals surface area contributed by atoms with Crippen molar-refractivity contribution in [3.8, 4) is 23.0 Å². The molecule has 0 bridgehead atoms. The molecule has 28 heavy (non-hydrogen) atoms. The van der Waals surface area contributed by atoms with Crippen LogP contribution < -0.4 is 29.4 Å². The molecule has 8 nitrogen and oxygen atoms in total. The van der Waals surface area contributed by atoms with E-state index in [1.807, 2.05) is 0 Å². The first-order valence-corrected chi connectivity index (χ1v) is 8.12. The Bertz CT molecular complexity index is 880. The molecule has 0 saturated carbocycles. The molecule has 0 aliphatic carbocycles. The number of rotatable bonds is 8. The Morgan fingerprint density at radius 1 is 0.893 bits per heavy atom. The van der Waals surface area contributed by atoms with E-state index in [1.165, 1.54) is 46.6 Å². The number of benzene rings is 2. The first-order valence-electron chi connectivity index (χ1n) is 8.12. The third-order valence-corrected chi connectivity index (χ3v) is 3.83. The molecule has 0 aliphatic rings. The standard InChI is InChI=1S/C20H21NO7/c1-25-15-8-6-5-7-12(15)9-14(20(23)24)21-19(22)13-10-16(26-2)18(28-4)17(11-13)27-3/h5-11H,1-4H3,(H,21,22)(H,23,24)/p-1/b14-9-. The van der Waals surface area contributed by atoms with Gasteiger partial charge in [0.15, 0.2) is 11.5 Å². The van der Waals surface area contributed by atoms with Crippen molar-refractivity contribution >= 4 is 18.0 Å². The molecule has 8 heteroatoms. The van der Waals surface area contributed by atoms with Gasteiger partial charge in [0.2, 0.25) is 5.75 Å². The van der Waals surface area contributed by atoms with Crippen molar-refractivity contribution < 1.29 is 33.6 Å². The predicted molar refractivity (Wildman–Crippen MR) is 99.5 cm³/mol. The van der Waals surface area contributed by atoms with Gasteiger partial charge in [0.1, 0.15) is 5.75 Å². The summed E-state index contributed by atoms with van der Waals surface area (Å²) >= 11 is 0. The molecule has 1 amide bonds. The van der Waals surface area contributed by atoms with Gasteiger partial charge in [-0.05, 0) is 24.3 Å². The van der Waals surface area contributed by atoms with Gasteiger partial charge in [-0.2, -0.15) is 0 Å². The van der Waals surface area contributed by atoms with Gasteiger partial charge in [0.05, 0.1) is 40.1 Å².